The fourth-order valence-electron chi connectivity index (χ4n) is 1.25. The lowest BCUT2D eigenvalue weighted by molar-refractivity contribution is -0.0808. The molecule has 1 heterocycles. The van der Waals surface area contributed by atoms with E-state index in [4.69, 9.17) is 9.47 Å². The minimum atomic E-state index is -0.587. The SMILES string of the molecule is C=C[C@@H]1C[C@H](C(C)(C)C)OC(=O)O1. The Morgan fingerprint density at radius 2 is 2.08 bits per heavy atom. The van der Waals surface area contributed by atoms with Crippen LogP contribution < -0.4 is 0 Å². The number of carbonyl (C=O) groups is 1. The van der Waals surface area contributed by atoms with Crippen molar-refractivity contribution in [2.24, 2.45) is 5.41 Å². The summed E-state index contributed by atoms with van der Waals surface area (Å²) in [6, 6.07) is 0. The summed E-state index contributed by atoms with van der Waals surface area (Å²) >= 11 is 0. The van der Waals surface area contributed by atoms with E-state index in [2.05, 4.69) is 6.58 Å². The van der Waals surface area contributed by atoms with E-state index in [-0.39, 0.29) is 17.6 Å². The minimum Gasteiger partial charge on any atom is -0.430 e. The first kappa shape index (κ1) is 10.1. The van der Waals surface area contributed by atoms with Crippen LogP contribution in [0.5, 0.6) is 0 Å². The number of rotatable bonds is 1. The van der Waals surface area contributed by atoms with Crippen LogP contribution in [-0.4, -0.2) is 18.4 Å². The van der Waals surface area contributed by atoms with Crippen LogP contribution in [0.1, 0.15) is 27.2 Å². The van der Waals surface area contributed by atoms with E-state index in [9.17, 15) is 4.79 Å². The van der Waals surface area contributed by atoms with Crippen molar-refractivity contribution in [1.82, 2.24) is 0 Å². The predicted octanol–water partition coefficient (Wildman–Crippen LogP) is 2.51. The molecule has 0 amide bonds. The van der Waals surface area contributed by atoms with Gasteiger partial charge in [0.2, 0.25) is 0 Å². The molecule has 1 saturated heterocycles. The van der Waals surface area contributed by atoms with Crippen LogP contribution in [0, 0.1) is 5.41 Å². The summed E-state index contributed by atoms with van der Waals surface area (Å²) in [5, 5.41) is 0. The van der Waals surface area contributed by atoms with Crippen molar-refractivity contribution >= 4 is 6.16 Å². The second-order valence-corrected chi connectivity index (χ2v) is 4.35. The quantitative estimate of drug-likeness (QED) is 0.464. The molecule has 0 aliphatic carbocycles. The first-order chi connectivity index (χ1) is 5.93. The third-order valence-corrected chi connectivity index (χ3v) is 2.16. The highest BCUT2D eigenvalue weighted by Crippen LogP contribution is 2.30. The summed E-state index contributed by atoms with van der Waals surface area (Å²) in [5.74, 6) is 0. The fourth-order valence-corrected chi connectivity index (χ4v) is 1.25. The van der Waals surface area contributed by atoms with Crippen molar-refractivity contribution in [3.63, 3.8) is 0 Å². The Bertz CT molecular complexity index is 215. The van der Waals surface area contributed by atoms with E-state index in [1.807, 2.05) is 20.8 Å². The van der Waals surface area contributed by atoms with E-state index >= 15 is 0 Å². The normalized spacial score (nSPS) is 29.0. The molecular formula is C10H16O3. The average Bonchev–Trinajstić information content (AvgIpc) is 2.01. The van der Waals surface area contributed by atoms with E-state index < -0.39 is 6.16 Å². The average molecular weight is 184 g/mol. The largest absolute Gasteiger partial charge is 0.509 e. The Labute approximate surface area is 78.7 Å². The van der Waals surface area contributed by atoms with Crippen LogP contribution in [-0.2, 0) is 9.47 Å². The third kappa shape index (κ3) is 2.47. The van der Waals surface area contributed by atoms with Gasteiger partial charge in [0.1, 0.15) is 12.2 Å². The molecule has 0 N–H and O–H groups in total. The van der Waals surface area contributed by atoms with Crippen LogP contribution in [0.15, 0.2) is 12.7 Å². The van der Waals surface area contributed by atoms with E-state index in [0.717, 1.165) is 0 Å². The number of hydrogen-bond acceptors (Lipinski definition) is 3. The van der Waals surface area contributed by atoms with Gasteiger partial charge in [0.05, 0.1) is 0 Å². The number of hydrogen-bond donors (Lipinski definition) is 0. The van der Waals surface area contributed by atoms with Gasteiger partial charge in [0.25, 0.3) is 0 Å². The lowest BCUT2D eigenvalue weighted by atomic mass is 9.85. The molecule has 0 radical (unpaired) electrons. The summed E-state index contributed by atoms with van der Waals surface area (Å²) in [7, 11) is 0. The Balaban J connectivity index is 2.67. The zero-order valence-corrected chi connectivity index (χ0v) is 8.37. The van der Waals surface area contributed by atoms with Crippen LogP contribution in [0.3, 0.4) is 0 Å². The van der Waals surface area contributed by atoms with Crippen LogP contribution in [0.4, 0.5) is 4.79 Å². The molecule has 0 aromatic rings. The van der Waals surface area contributed by atoms with Crippen molar-refractivity contribution in [3.05, 3.63) is 12.7 Å². The molecule has 0 aromatic heterocycles. The molecule has 1 aliphatic rings. The van der Waals surface area contributed by atoms with Gasteiger partial charge in [-0.05, 0) is 5.41 Å². The zero-order chi connectivity index (χ0) is 10.1. The fraction of sp³-hybridized carbons (Fsp3) is 0.700. The standard InChI is InChI=1S/C10H16O3/c1-5-7-6-8(10(2,3)4)13-9(11)12-7/h5,7-8H,1,6H2,2-4H3/t7-,8-/m1/s1. The molecule has 0 unspecified atom stereocenters. The van der Waals surface area contributed by atoms with E-state index in [0.29, 0.717) is 6.42 Å². The number of cyclic esters (lactones) is 2. The first-order valence-corrected chi connectivity index (χ1v) is 4.43. The summed E-state index contributed by atoms with van der Waals surface area (Å²) in [6.45, 7) is 9.72. The zero-order valence-electron chi connectivity index (χ0n) is 8.37. The molecule has 0 saturated carbocycles. The maximum Gasteiger partial charge on any atom is 0.509 e. The van der Waals surface area contributed by atoms with Gasteiger partial charge in [-0.3, -0.25) is 0 Å². The highest BCUT2D eigenvalue weighted by molar-refractivity contribution is 5.61. The lowest BCUT2D eigenvalue weighted by Gasteiger charge is -2.35. The van der Waals surface area contributed by atoms with Gasteiger partial charge in [0, 0.05) is 6.42 Å². The number of carbonyl (C=O) groups excluding carboxylic acids is 1. The van der Waals surface area contributed by atoms with Crippen molar-refractivity contribution < 1.29 is 14.3 Å². The predicted molar refractivity (Wildman–Crippen MR) is 49.4 cm³/mol. The van der Waals surface area contributed by atoms with Crippen molar-refractivity contribution in [3.8, 4) is 0 Å². The van der Waals surface area contributed by atoms with Gasteiger partial charge >= 0.3 is 6.16 Å². The van der Waals surface area contributed by atoms with Crippen LogP contribution >= 0.6 is 0 Å². The Hall–Kier alpha value is -0.990. The van der Waals surface area contributed by atoms with Gasteiger partial charge in [-0.25, -0.2) is 4.79 Å². The number of ether oxygens (including phenoxy) is 2. The van der Waals surface area contributed by atoms with Crippen LogP contribution in [0.2, 0.25) is 0 Å². The molecule has 0 bridgehead atoms. The molecule has 0 aromatic carbocycles. The van der Waals surface area contributed by atoms with Gasteiger partial charge in [-0.1, -0.05) is 33.4 Å². The summed E-state index contributed by atoms with van der Waals surface area (Å²) in [5.41, 5.74) is -0.0410. The first-order valence-electron chi connectivity index (χ1n) is 4.43. The Morgan fingerprint density at radius 3 is 2.54 bits per heavy atom. The molecule has 1 rings (SSSR count). The van der Waals surface area contributed by atoms with E-state index in [1.54, 1.807) is 6.08 Å². The molecular weight excluding hydrogens is 168 g/mol. The monoisotopic (exact) mass is 184 g/mol. The van der Waals surface area contributed by atoms with Crippen molar-refractivity contribution in [1.29, 1.82) is 0 Å². The van der Waals surface area contributed by atoms with Gasteiger partial charge < -0.3 is 9.47 Å². The Kier molecular flexibility index (Phi) is 2.64. The molecule has 0 spiro atoms. The van der Waals surface area contributed by atoms with Crippen molar-refractivity contribution in [2.45, 2.75) is 39.4 Å². The summed E-state index contributed by atoms with van der Waals surface area (Å²) in [6.07, 6.45) is 1.45. The molecule has 13 heavy (non-hydrogen) atoms. The smallest absolute Gasteiger partial charge is 0.430 e. The second-order valence-electron chi connectivity index (χ2n) is 4.35. The van der Waals surface area contributed by atoms with E-state index in [1.165, 1.54) is 0 Å². The highest BCUT2D eigenvalue weighted by Gasteiger charge is 2.35. The molecule has 2 atom stereocenters. The van der Waals surface area contributed by atoms with Gasteiger partial charge in [-0.15, -0.1) is 0 Å². The van der Waals surface area contributed by atoms with Crippen LogP contribution in [0.25, 0.3) is 0 Å². The Morgan fingerprint density at radius 1 is 1.46 bits per heavy atom. The molecule has 1 aliphatic heterocycles. The minimum absolute atomic E-state index is 0.0410. The third-order valence-electron chi connectivity index (χ3n) is 2.16. The van der Waals surface area contributed by atoms with Gasteiger partial charge in [-0.2, -0.15) is 0 Å². The molecule has 1 fully saturated rings. The maximum atomic E-state index is 11.0. The summed E-state index contributed by atoms with van der Waals surface area (Å²) in [4.78, 5) is 11.0. The topological polar surface area (TPSA) is 35.5 Å². The maximum absolute atomic E-state index is 11.0. The summed E-state index contributed by atoms with van der Waals surface area (Å²) < 4.78 is 9.96. The second kappa shape index (κ2) is 3.40. The molecule has 74 valence electrons. The highest BCUT2D eigenvalue weighted by atomic mass is 16.7. The van der Waals surface area contributed by atoms with Gasteiger partial charge in [0.15, 0.2) is 0 Å². The molecule has 3 heteroatoms. The molecule has 3 nitrogen and oxygen atoms in total. The lowest BCUT2D eigenvalue weighted by Crippen LogP contribution is -2.40. The van der Waals surface area contributed by atoms with Crippen molar-refractivity contribution in [2.75, 3.05) is 0 Å².